The van der Waals surface area contributed by atoms with Crippen molar-refractivity contribution in [2.45, 2.75) is 148 Å². The third-order valence-electron chi connectivity index (χ3n) is 6.82. The van der Waals surface area contributed by atoms with E-state index in [1.165, 1.54) is 120 Å². The molecule has 0 aromatic heterocycles. The fourth-order valence-corrected chi connectivity index (χ4v) is 8.83. The van der Waals surface area contributed by atoms with E-state index in [-0.39, 0.29) is 12.4 Å². The molecule has 0 fully saturated rings. The molecule has 178 valence electrons. The molecule has 0 saturated heterocycles. The topological polar surface area (TPSA) is 0 Å². The Kier molecular flexibility index (Phi) is 20.9. The molecular weight excluding hydrogens is 390 g/mol. The molecule has 0 aliphatic carbocycles. The van der Waals surface area contributed by atoms with Gasteiger partial charge < -0.3 is 16.9 Å². The van der Waals surface area contributed by atoms with Crippen LogP contribution < -0.4 is 12.4 Å². The monoisotopic (exact) mass is 447 g/mol. The predicted molar refractivity (Wildman–Crippen MR) is 134 cm³/mol. The summed E-state index contributed by atoms with van der Waals surface area (Å²) in [5, 5.41) is 0. The van der Waals surface area contributed by atoms with Gasteiger partial charge in [0.15, 0.2) is 0 Å². The second kappa shape index (κ2) is 19.2. The maximum Gasteiger partial charge on any atom is 0.114 e. The van der Waals surface area contributed by atoms with Gasteiger partial charge in [-0.2, -0.15) is 0 Å². The largest absolute Gasteiger partial charge is 1.00 e. The van der Waals surface area contributed by atoms with Crippen molar-refractivity contribution in [3.63, 3.8) is 0 Å². The van der Waals surface area contributed by atoms with Crippen LogP contribution >= 0.6 is 0 Å². The van der Waals surface area contributed by atoms with Gasteiger partial charge in [0.2, 0.25) is 0 Å². The number of hydrogen-bond acceptors (Lipinski definition) is 0. The molecule has 0 N–H and O–H groups in total. The van der Waals surface area contributed by atoms with Crippen LogP contribution in [0, 0.1) is 0 Å². The summed E-state index contributed by atoms with van der Waals surface area (Å²) >= 11 is 0. The lowest BCUT2D eigenvalue weighted by atomic mass is 10.0. The Hall–Kier alpha value is 0.467. The van der Waals surface area contributed by atoms with E-state index >= 15 is 0 Å². The summed E-state index contributed by atoms with van der Waals surface area (Å²) in [6, 6.07) is 0. The van der Waals surface area contributed by atoms with Gasteiger partial charge in [0, 0.05) is 0 Å². The molecule has 1 unspecified atom stereocenters. The van der Waals surface area contributed by atoms with Crippen molar-refractivity contribution < 1.29 is 16.9 Å². The SMILES string of the molecule is CCCCCCCCCCCCCCCCCC[N+](C)(C)C(CC)[Si](C)(C)C.[Cl-]. The van der Waals surface area contributed by atoms with Gasteiger partial charge in [0.05, 0.1) is 26.3 Å². The summed E-state index contributed by atoms with van der Waals surface area (Å²) in [7, 11) is 3.91. The Bertz CT molecular complexity index is 338. The van der Waals surface area contributed by atoms with Crippen molar-refractivity contribution >= 4 is 8.07 Å². The molecule has 3 heteroatoms. The van der Waals surface area contributed by atoms with Crippen LogP contribution in [0.5, 0.6) is 0 Å². The number of unbranched alkanes of at least 4 members (excludes halogenated alkanes) is 15. The number of halogens is 1. The fraction of sp³-hybridized carbons (Fsp3) is 1.00. The number of nitrogens with zero attached hydrogens (tertiary/aromatic N) is 1. The molecule has 0 aromatic rings. The lowest BCUT2D eigenvalue weighted by Gasteiger charge is -2.44. The molecule has 0 spiro atoms. The Morgan fingerprint density at radius 1 is 0.552 bits per heavy atom. The van der Waals surface area contributed by atoms with Crippen LogP contribution in [0.2, 0.25) is 19.6 Å². The zero-order chi connectivity index (χ0) is 21.3. The summed E-state index contributed by atoms with van der Waals surface area (Å²) in [5.74, 6) is 0. The first-order valence-electron chi connectivity index (χ1n) is 13.1. The van der Waals surface area contributed by atoms with Crippen LogP contribution in [0.25, 0.3) is 0 Å². The third kappa shape index (κ3) is 17.8. The Morgan fingerprint density at radius 2 is 0.862 bits per heavy atom. The first-order valence-corrected chi connectivity index (χ1v) is 16.7. The van der Waals surface area contributed by atoms with Crippen molar-refractivity contribution in [1.82, 2.24) is 0 Å². The minimum Gasteiger partial charge on any atom is -1.00 e. The van der Waals surface area contributed by atoms with E-state index in [1.54, 1.807) is 0 Å². The normalized spacial score (nSPS) is 13.3. The molecule has 0 amide bonds. The quantitative estimate of drug-likeness (QED) is 0.122. The van der Waals surface area contributed by atoms with Gasteiger partial charge >= 0.3 is 0 Å². The first kappa shape index (κ1) is 31.7. The molecule has 0 bridgehead atoms. The highest BCUT2D eigenvalue weighted by molar-refractivity contribution is 6.77. The van der Waals surface area contributed by atoms with Gasteiger partial charge in [-0.3, -0.25) is 0 Å². The van der Waals surface area contributed by atoms with Gasteiger partial charge in [0.25, 0.3) is 0 Å². The summed E-state index contributed by atoms with van der Waals surface area (Å²) in [6.45, 7) is 13.7. The van der Waals surface area contributed by atoms with Crippen LogP contribution in [-0.2, 0) is 0 Å². The summed E-state index contributed by atoms with van der Waals surface area (Å²) in [6.07, 6.45) is 24.7. The highest BCUT2D eigenvalue weighted by Gasteiger charge is 2.37. The molecule has 0 aliphatic heterocycles. The standard InChI is InChI=1S/C26H58NSi.ClH/c1-8-10-11-12-13-14-15-16-17-18-19-20-21-22-23-24-25-27(3,4)26(9-2)28(5,6)7;/h26H,8-25H2,1-7H3;1H/q+1;/p-1. The van der Waals surface area contributed by atoms with Crippen molar-refractivity contribution in [1.29, 1.82) is 0 Å². The van der Waals surface area contributed by atoms with E-state index in [2.05, 4.69) is 47.6 Å². The number of hydrogen-bond donors (Lipinski definition) is 0. The molecule has 0 radical (unpaired) electrons. The van der Waals surface area contributed by atoms with Gasteiger partial charge in [-0.25, -0.2) is 0 Å². The minimum atomic E-state index is -1.06. The average Bonchev–Trinajstić information content (AvgIpc) is 2.60. The van der Waals surface area contributed by atoms with Crippen LogP contribution in [0.4, 0.5) is 0 Å². The summed E-state index contributed by atoms with van der Waals surface area (Å²) < 4.78 is 1.25. The van der Waals surface area contributed by atoms with Crippen LogP contribution in [0.1, 0.15) is 123 Å². The average molecular weight is 448 g/mol. The second-order valence-electron chi connectivity index (χ2n) is 11.1. The lowest BCUT2D eigenvalue weighted by molar-refractivity contribution is -0.904. The summed E-state index contributed by atoms with van der Waals surface area (Å²) in [4.78, 5) is 0. The van der Waals surface area contributed by atoms with Gasteiger partial charge in [-0.15, -0.1) is 0 Å². The highest BCUT2D eigenvalue weighted by atomic mass is 35.5. The molecule has 0 rings (SSSR count). The summed E-state index contributed by atoms with van der Waals surface area (Å²) in [5.41, 5.74) is 0.906. The van der Waals surface area contributed by atoms with E-state index in [0.29, 0.717) is 0 Å². The number of rotatable bonds is 20. The molecule has 0 aromatic carbocycles. The van der Waals surface area contributed by atoms with E-state index in [0.717, 1.165) is 5.67 Å². The highest BCUT2D eigenvalue weighted by Crippen LogP contribution is 2.23. The number of quaternary nitrogens is 1. The third-order valence-corrected chi connectivity index (χ3v) is 9.92. The van der Waals surface area contributed by atoms with Crippen molar-refractivity contribution in [2.75, 3.05) is 20.6 Å². The lowest BCUT2D eigenvalue weighted by Crippen LogP contribution is -3.00. The fourth-order valence-electron chi connectivity index (χ4n) is 5.38. The van der Waals surface area contributed by atoms with Crippen LogP contribution in [0.3, 0.4) is 0 Å². The zero-order valence-electron chi connectivity index (χ0n) is 21.6. The van der Waals surface area contributed by atoms with Gasteiger partial charge in [0.1, 0.15) is 8.07 Å². The molecule has 0 aliphatic rings. The molecule has 1 atom stereocenters. The Morgan fingerprint density at radius 3 is 1.14 bits per heavy atom. The Labute approximate surface area is 193 Å². The Balaban J connectivity index is 0. The van der Waals surface area contributed by atoms with E-state index < -0.39 is 8.07 Å². The molecule has 0 heterocycles. The van der Waals surface area contributed by atoms with E-state index in [9.17, 15) is 0 Å². The maximum absolute atomic E-state index is 2.55. The van der Waals surface area contributed by atoms with Gasteiger partial charge in [-0.05, 0) is 19.3 Å². The first-order chi connectivity index (χ1) is 13.3. The smallest absolute Gasteiger partial charge is 0.114 e. The van der Waals surface area contributed by atoms with Crippen molar-refractivity contribution in [3.05, 3.63) is 0 Å². The zero-order valence-corrected chi connectivity index (χ0v) is 23.4. The second-order valence-corrected chi connectivity index (χ2v) is 16.5. The predicted octanol–water partition coefficient (Wildman–Crippen LogP) is 5.98. The molecule has 29 heavy (non-hydrogen) atoms. The maximum atomic E-state index is 2.55. The molecular formula is C26H58ClNSi. The van der Waals surface area contributed by atoms with Crippen LogP contribution in [-0.4, -0.2) is 38.9 Å². The van der Waals surface area contributed by atoms with E-state index in [4.69, 9.17) is 0 Å². The van der Waals surface area contributed by atoms with Crippen molar-refractivity contribution in [3.8, 4) is 0 Å². The molecule has 1 nitrogen and oxygen atoms in total. The molecule has 0 saturated carbocycles. The van der Waals surface area contributed by atoms with Crippen molar-refractivity contribution in [2.24, 2.45) is 0 Å². The van der Waals surface area contributed by atoms with E-state index in [1.807, 2.05) is 0 Å². The minimum absolute atomic E-state index is 0. The van der Waals surface area contributed by atoms with Gasteiger partial charge in [-0.1, -0.05) is 123 Å². The van der Waals surface area contributed by atoms with Crippen LogP contribution in [0.15, 0.2) is 0 Å².